The molecule has 1 aromatic carbocycles. The molecule has 0 aliphatic carbocycles. The molecule has 1 amide bonds. The highest BCUT2D eigenvalue weighted by molar-refractivity contribution is 5.93. The van der Waals surface area contributed by atoms with Gasteiger partial charge in [-0.25, -0.2) is 4.79 Å². The number of nitro benzene ring substituents is 1. The predicted molar refractivity (Wildman–Crippen MR) is 107 cm³/mol. The van der Waals surface area contributed by atoms with Crippen molar-refractivity contribution in [3.8, 4) is 0 Å². The van der Waals surface area contributed by atoms with Crippen LogP contribution in [0.1, 0.15) is 56.8 Å². The molecule has 0 saturated carbocycles. The van der Waals surface area contributed by atoms with Crippen molar-refractivity contribution in [1.29, 1.82) is 0 Å². The molecule has 0 bridgehead atoms. The summed E-state index contributed by atoms with van der Waals surface area (Å²) in [6, 6.07) is 4.34. The maximum absolute atomic E-state index is 12.2. The zero-order chi connectivity index (χ0) is 20.7. The van der Waals surface area contributed by atoms with Gasteiger partial charge in [-0.05, 0) is 44.2 Å². The SMILES string of the molecule is CCC[C@@H](C)NC(=O)COC(=O)c1ccc(N2CCC(C)CC2)c([N+](=O)[O-])c1. The minimum absolute atomic E-state index is 0.00355. The Balaban J connectivity index is 2.03. The van der Waals surface area contributed by atoms with Crippen molar-refractivity contribution in [1.82, 2.24) is 5.32 Å². The van der Waals surface area contributed by atoms with Gasteiger partial charge in [0.15, 0.2) is 6.61 Å². The lowest BCUT2D eigenvalue weighted by molar-refractivity contribution is -0.384. The van der Waals surface area contributed by atoms with Crippen molar-refractivity contribution < 1.29 is 19.2 Å². The van der Waals surface area contributed by atoms with E-state index in [-0.39, 0.29) is 23.2 Å². The Morgan fingerprint density at radius 3 is 2.64 bits per heavy atom. The maximum Gasteiger partial charge on any atom is 0.338 e. The average Bonchev–Trinajstić information content (AvgIpc) is 2.66. The van der Waals surface area contributed by atoms with E-state index in [1.165, 1.54) is 12.1 Å². The molecule has 1 saturated heterocycles. The number of carbonyl (C=O) groups excluding carboxylic acids is 2. The third-order valence-electron chi connectivity index (χ3n) is 5.00. The number of nitro groups is 1. The Morgan fingerprint density at radius 2 is 2.04 bits per heavy atom. The standard InChI is InChI=1S/C20H29N3O5/c1-4-5-15(3)21-19(24)13-28-20(25)16-6-7-17(18(12-16)23(26)27)22-10-8-14(2)9-11-22/h6-7,12,14-15H,4-5,8-11,13H2,1-3H3,(H,21,24)/t15-/m1/s1. The van der Waals surface area contributed by atoms with Gasteiger partial charge >= 0.3 is 5.97 Å². The number of nitrogens with zero attached hydrogens (tertiary/aromatic N) is 2. The summed E-state index contributed by atoms with van der Waals surface area (Å²) in [5, 5.41) is 14.3. The monoisotopic (exact) mass is 391 g/mol. The number of benzene rings is 1. The van der Waals surface area contributed by atoms with Crippen molar-refractivity contribution in [3.05, 3.63) is 33.9 Å². The van der Waals surface area contributed by atoms with Gasteiger partial charge in [0, 0.05) is 25.2 Å². The van der Waals surface area contributed by atoms with E-state index in [9.17, 15) is 19.7 Å². The van der Waals surface area contributed by atoms with E-state index in [1.54, 1.807) is 6.07 Å². The molecule has 1 aliphatic rings. The lowest BCUT2D eigenvalue weighted by atomic mass is 9.98. The minimum Gasteiger partial charge on any atom is -0.452 e. The molecule has 1 aliphatic heterocycles. The van der Waals surface area contributed by atoms with Crippen LogP contribution in [0.2, 0.25) is 0 Å². The van der Waals surface area contributed by atoms with Crippen molar-refractivity contribution >= 4 is 23.3 Å². The molecule has 8 heteroatoms. The third kappa shape index (κ3) is 5.94. The molecular weight excluding hydrogens is 362 g/mol. The van der Waals surface area contributed by atoms with Gasteiger partial charge in [0.25, 0.3) is 11.6 Å². The summed E-state index contributed by atoms with van der Waals surface area (Å²) in [5.74, 6) is -0.529. The van der Waals surface area contributed by atoms with Crippen LogP contribution in [0.15, 0.2) is 18.2 Å². The largest absolute Gasteiger partial charge is 0.452 e. The normalized spacial score (nSPS) is 15.8. The number of piperidine rings is 1. The predicted octanol–water partition coefficient (Wildman–Crippen LogP) is 3.29. The number of ether oxygens (including phenoxy) is 1. The molecule has 2 rings (SSSR count). The molecule has 0 radical (unpaired) electrons. The second-order valence-corrected chi connectivity index (χ2v) is 7.46. The number of hydrogen-bond acceptors (Lipinski definition) is 6. The first-order valence-electron chi connectivity index (χ1n) is 9.81. The van der Waals surface area contributed by atoms with Crippen LogP contribution < -0.4 is 10.2 Å². The highest BCUT2D eigenvalue weighted by Crippen LogP contribution is 2.32. The first-order chi connectivity index (χ1) is 13.3. The summed E-state index contributed by atoms with van der Waals surface area (Å²) in [6.07, 6.45) is 3.73. The lowest BCUT2D eigenvalue weighted by Gasteiger charge is -2.31. The summed E-state index contributed by atoms with van der Waals surface area (Å²) in [7, 11) is 0. The molecule has 0 aromatic heterocycles. The Kier molecular flexibility index (Phi) is 7.78. The molecule has 1 atom stereocenters. The third-order valence-corrected chi connectivity index (χ3v) is 5.00. The van der Waals surface area contributed by atoms with Gasteiger partial charge < -0.3 is 15.0 Å². The molecule has 0 unspecified atom stereocenters. The zero-order valence-corrected chi connectivity index (χ0v) is 16.8. The van der Waals surface area contributed by atoms with E-state index in [4.69, 9.17) is 4.74 Å². The highest BCUT2D eigenvalue weighted by Gasteiger charge is 2.25. The number of amides is 1. The van der Waals surface area contributed by atoms with Crippen LogP contribution in [0, 0.1) is 16.0 Å². The van der Waals surface area contributed by atoms with Gasteiger partial charge in [-0.2, -0.15) is 0 Å². The average molecular weight is 391 g/mol. The van der Waals surface area contributed by atoms with Crippen LogP contribution >= 0.6 is 0 Å². The zero-order valence-electron chi connectivity index (χ0n) is 16.8. The minimum atomic E-state index is -0.750. The lowest BCUT2D eigenvalue weighted by Crippen LogP contribution is -2.35. The number of carbonyl (C=O) groups is 2. The van der Waals surface area contributed by atoms with E-state index >= 15 is 0 Å². The summed E-state index contributed by atoms with van der Waals surface area (Å²) in [4.78, 5) is 37.1. The van der Waals surface area contributed by atoms with E-state index in [2.05, 4.69) is 12.2 Å². The molecule has 154 valence electrons. The number of nitrogens with one attached hydrogen (secondary N) is 1. The Bertz CT molecular complexity index is 714. The van der Waals surface area contributed by atoms with Crippen LogP contribution in [0.5, 0.6) is 0 Å². The van der Waals surface area contributed by atoms with Gasteiger partial charge in [-0.15, -0.1) is 0 Å². The fourth-order valence-corrected chi connectivity index (χ4v) is 3.35. The Hall–Kier alpha value is -2.64. The first-order valence-corrected chi connectivity index (χ1v) is 9.81. The smallest absolute Gasteiger partial charge is 0.338 e. The van der Waals surface area contributed by atoms with Crippen LogP contribution in [0.3, 0.4) is 0 Å². The fraction of sp³-hybridized carbons (Fsp3) is 0.600. The Labute approximate surface area is 165 Å². The fourth-order valence-electron chi connectivity index (χ4n) is 3.35. The van der Waals surface area contributed by atoms with Crippen molar-refractivity contribution in [2.24, 2.45) is 5.92 Å². The van der Waals surface area contributed by atoms with Gasteiger partial charge in [-0.1, -0.05) is 20.3 Å². The van der Waals surface area contributed by atoms with Crippen molar-refractivity contribution in [3.63, 3.8) is 0 Å². The van der Waals surface area contributed by atoms with Crippen molar-refractivity contribution in [2.75, 3.05) is 24.6 Å². The molecule has 8 nitrogen and oxygen atoms in total. The topological polar surface area (TPSA) is 102 Å². The van der Waals surface area contributed by atoms with Crippen molar-refractivity contribution in [2.45, 2.75) is 52.5 Å². The molecule has 1 N–H and O–H groups in total. The molecule has 1 aromatic rings. The van der Waals surface area contributed by atoms with E-state index in [1.807, 2.05) is 18.7 Å². The molecule has 28 heavy (non-hydrogen) atoms. The highest BCUT2D eigenvalue weighted by atomic mass is 16.6. The van der Waals surface area contributed by atoms with Crippen LogP contribution in [-0.4, -0.2) is 42.5 Å². The summed E-state index contributed by atoms with van der Waals surface area (Å²) in [5.41, 5.74) is 0.458. The van der Waals surface area contributed by atoms with E-state index in [0.717, 1.165) is 38.8 Å². The van der Waals surface area contributed by atoms with Crippen LogP contribution in [-0.2, 0) is 9.53 Å². The number of esters is 1. The van der Waals surface area contributed by atoms with E-state index < -0.39 is 17.5 Å². The summed E-state index contributed by atoms with van der Waals surface area (Å²) >= 11 is 0. The first kappa shape index (κ1) is 21.7. The van der Waals surface area contributed by atoms with Crippen LogP contribution in [0.4, 0.5) is 11.4 Å². The number of anilines is 1. The van der Waals surface area contributed by atoms with Gasteiger partial charge in [-0.3, -0.25) is 14.9 Å². The molecule has 1 fully saturated rings. The number of rotatable bonds is 8. The van der Waals surface area contributed by atoms with Gasteiger partial charge in [0.1, 0.15) is 5.69 Å². The second-order valence-electron chi connectivity index (χ2n) is 7.46. The van der Waals surface area contributed by atoms with E-state index in [0.29, 0.717) is 11.6 Å². The number of hydrogen-bond donors (Lipinski definition) is 1. The maximum atomic E-state index is 12.2. The summed E-state index contributed by atoms with van der Waals surface area (Å²) in [6.45, 7) is 7.16. The quantitative estimate of drug-likeness (QED) is 0.414. The summed E-state index contributed by atoms with van der Waals surface area (Å²) < 4.78 is 5.02. The molecule has 1 heterocycles. The molecular formula is C20H29N3O5. The van der Waals surface area contributed by atoms with Gasteiger partial charge in [0.2, 0.25) is 0 Å². The second kappa shape index (κ2) is 10.1. The Morgan fingerprint density at radius 1 is 1.36 bits per heavy atom. The van der Waals surface area contributed by atoms with Crippen LogP contribution in [0.25, 0.3) is 0 Å². The van der Waals surface area contributed by atoms with Gasteiger partial charge in [0.05, 0.1) is 10.5 Å². The molecule has 0 spiro atoms.